The molecule has 0 unspecified atom stereocenters. The van der Waals surface area contributed by atoms with E-state index < -0.39 is 0 Å². The first-order valence-corrected chi connectivity index (χ1v) is 8.58. The SMILES string of the molecule is CCc1ccc(CCCCc2ccc3c(c2)CC(=O)CO3)cc1. The minimum atomic E-state index is 0.171. The molecule has 0 spiro atoms. The van der Waals surface area contributed by atoms with Gasteiger partial charge in [-0.05, 0) is 54.9 Å². The maximum atomic E-state index is 11.5. The van der Waals surface area contributed by atoms with Gasteiger partial charge in [0, 0.05) is 12.0 Å². The Bertz CT molecular complexity index is 671. The molecule has 0 saturated carbocycles. The smallest absolute Gasteiger partial charge is 0.174 e. The van der Waals surface area contributed by atoms with Crippen LogP contribution in [0.1, 0.15) is 42.0 Å². The van der Waals surface area contributed by atoms with Crippen LogP contribution in [-0.2, 0) is 30.5 Å². The molecule has 0 aromatic heterocycles. The van der Waals surface area contributed by atoms with Crippen LogP contribution >= 0.6 is 0 Å². The van der Waals surface area contributed by atoms with Crippen molar-refractivity contribution in [3.8, 4) is 5.75 Å². The molecule has 0 atom stereocenters. The van der Waals surface area contributed by atoms with Gasteiger partial charge in [-0.25, -0.2) is 0 Å². The normalized spacial score (nSPS) is 13.5. The zero-order valence-corrected chi connectivity index (χ0v) is 13.8. The van der Waals surface area contributed by atoms with Gasteiger partial charge in [0.05, 0.1) is 0 Å². The molecule has 23 heavy (non-hydrogen) atoms. The van der Waals surface area contributed by atoms with Crippen LogP contribution in [0.2, 0.25) is 0 Å². The van der Waals surface area contributed by atoms with Crippen molar-refractivity contribution in [2.75, 3.05) is 6.61 Å². The summed E-state index contributed by atoms with van der Waals surface area (Å²) in [5.41, 5.74) is 5.18. The third kappa shape index (κ3) is 4.22. The van der Waals surface area contributed by atoms with Crippen LogP contribution in [0.4, 0.5) is 0 Å². The highest BCUT2D eigenvalue weighted by atomic mass is 16.5. The van der Waals surface area contributed by atoms with Gasteiger partial charge < -0.3 is 4.74 Å². The summed E-state index contributed by atoms with van der Waals surface area (Å²) in [4.78, 5) is 11.5. The number of benzene rings is 2. The van der Waals surface area contributed by atoms with E-state index in [9.17, 15) is 4.79 Å². The Morgan fingerprint density at radius 2 is 1.57 bits per heavy atom. The molecule has 120 valence electrons. The molecule has 0 bridgehead atoms. The number of unbranched alkanes of at least 4 members (excludes halogenated alkanes) is 1. The molecule has 2 aromatic rings. The van der Waals surface area contributed by atoms with Gasteiger partial charge in [0.15, 0.2) is 5.78 Å². The van der Waals surface area contributed by atoms with Crippen LogP contribution in [0.5, 0.6) is 5.75 Å². The van der Waals surface area contributed by atoms with Crippen molar-refractivity contribution >= 4 is 5.78 Å². The molecule has 2 aromatic carbocycles. The molecular formula is C21H24O2. The van der Waals surface area contributed by atoms with E-state index in [0.717, 1.165) is 30.6 Å². The van der Waals surface area contributed by atoms with Crippen molar-refractivity contribution in [3.63, 3.8) is 0 Å². The van der Waals surface area contributed by atoms with E-state index in [0.29, 0.717) is 6.42 Å². The molecule has 2 nitrogen and oxygen atoms in total. The van der Waals surface area contributed by atoms with Crippen molar-refractivity contribution in [2.24, 2.45) is 0 Å². The summed E-state index contributed by atoms with van der Waals surface area (Å²) in [6, 6.07) is 15.3. The van der Waals surface area contributed by atoms with Crippen molar-refractivity contribution in [1.29, 1.82) is 0 Å². The Labute approximate surface area is 138 Å². The molecular weight excluding hydrogens is 284 g/mol. The quantitative estimate of drug-likeness (QED) is 0.743. The van der Waals surface area contributed by atoms with Crippen LogP contribution < -0.4 is 4.74 Å². The predicted octanol–water partition coefficient (Wildman–Crippen LogP) is 4.32. The molecule has 0 radical (unpaired) electrons. The van der Waals surface area contributed by atoms with Crippen LogP contribution in [-0.4, -0.2) is 12.4 Å². The monoisotopic (exact) mass is 308 g/mol. The maximum absolute atomic E-state index is 11.5. The fourth-order valence-corrected chi connectivity index (χ4v) is 3.09. The molecule has 0 amide bonds. The minimum absolute atomic E-state index is 0.171. The van der Waals surface area contributed by atoms with E-state index in [1.165, 1.54) is 29.5 Å². The van der Waals surface area contributed by atoms with Gasteiger partial charge in [-0.1, -0.05) is 43.3 Å². The summed E-state index contributed by atoms with van der Waals surface area (Å²) in [5, 5.41) is 0. The number of carbonyl (C=O) groups is 1. The lowest BCUT2D eigenvalue weighted by atomic mass is 9.98. The summed E-state index contributed by atoms with van der Waals surface area (Å²) < 4.78 is 5.44. The predicted molar refractivity (Wildman–Crippen MR) is 93.1 cm³/mol. The number of carbonyl (C=O) groups excluding carboxylic acids is 1. The van der Waals surface area contributed by atoms with Gasteiger partial charge in [-0.3, -0.25) is 4.79 Å². The molecule has 1 aliphatic rings. The van der Waals surface area contributed by atoms with Crippen LogP contribution in [0.25, 0.3) is 0 Å². The summed E-state index contributed by atoms with van der Waals surface area (Å²) in [6.45, 7) is 2.41. The van der Waals surface area contributed by atoms with E-state index in [4.69, 9.17) is 4.74 Å². The Kier molecular flexibility index (Phi) is 5.12. The average Bonchev–Trinajstić information content (AvgIpc) is 2.59. The number of hydrogen-bond donors (Lipinski definition) is 0. The second-order valence-corrected chi connectivity index (χ2v) is 6.32. The Hall–Kier alpha value is -2.09. The van der Waals surface area contributed by atoms with Crippen LogP contribution in [0.3, 0.4) is 0 Å². The number of ether oxygens (including phenoxy) is 1. The number of hydrogen-bond acceptors (Lipinski definition) is 2. The van der Waals surface area contributed by atoms with Gasteiger partial charge in [-0.15, -0.1) is 0 Å². The number of Topliss-reactive ketones (excluding diaryl/α,β-unsaturated/α-hetero) is 1. The lowest BCUT2D eigenvalue weighted by molar-refractivity contribution is -0.121. The Morgan fingerprint density at radius 1 is 0.913 bits per heavy atom. The van der Waals surface area contributed by atoms with Crippen LogP contribution in [0.15, 0.2) is 42.5 Å². The van der Waals surface area contributed by atoms with Crippen molar-refractivity contribution in [3.05, 3.63) is 64.7 Å². The molecule has 0 N–H and O–H groups in total. The maximum Gasteiger partial charge on any atom is 0.174 e. The summed E-state index contributed by atoms with van der Waals surface area (Å²) >= 11 is 0. The fourth-order valence-electron chi connectivity index (χ4n) is 3.09. The molecule has 0 aliphatic carbocycles. The van der Waals surface area contributed by atoms with Crippen LogP contribution in [0, 0.1) is 0 Å². The number of aryl methyl sites for hydroxylation is 3. The minimum Gasteiger partial charge on any atom is -0.486 e. The highest BCUT2D eigenvalue weighted by Gasteiger charge is 2.16. The molecule has 0 fully saturated rings. The first-order valence-electron chi connectivity index (χ1n) is 8.58. The van der Waals surface area contributed by atoms with E-state index >= 15 is 0 Å². The van der Waals surface area contributed by atoms with E-state index in [1.807, 2.05) is 6.07 Å². The lowest BCUT2D eigenvalue weighted by Gasteiger charge is -2.17. The summed E-state index contributed by atoms with van der Waals surface area (Å²) in [6.07, 6.45) is 6.18. The van der Waals surface area contributed by atoms with Gasteiger partial charge >= 0.3 is 0 Å². The number of fused-ring (bicyclic) bond motifs is 1. The standard InChI is InChI=1S/C21H24O2/c1-2-16-7-9-17(10-8-16)5-3-4-6-18-11-12-21-19(13-18)14-20(22)15-23-21/h7-13H,2-6,14-15H2,1H3. The highest BCUT2D eigenvalue weighted by Crippen LogP contribution is 2.25. The second kappa shape index (κ2) is 7.45. The fraction of sp³-hybridized carbons (Fsp3) is 0.381. The van der Waals surface area contributed by atoms with E-state index in [-0.39, 0.29) is 12.4 Å². The number of rotatable bonds is 6. The molecule has 0 saturated heterocycles. The van der Waals surface area contributed by atoms with Gasteiger partial charge in [0.1, 0.15) is 12.4 Å². The highest BCUT2D eigenvalue weighted by molar-refractivity contribution is 5.84. The third-order valence-electron chi connectivity index (χ3n) is 4.51. The van der Waals surface area contributed by atoms with Crippen molar-refractivity contribution < 1.29 is 9.53 Å². The van der Waals surface area contributed by atoms with Crippen molar-refractivity contribution in [1.82, 2.24) is 0 Å². The molecule has 3 rings (SSSR count). The third-order valence-corrected chi connectivity index (χ3v) is 4.51. The first kappa shape index (κ1) is 15.8. The topological polar surface area (TPSA) is 26.3 Å². The first-order chi connectivity index (χ1) is 11.2. The summed E-state index contributed by atoms with van der Waals surface area (Å²) in [5.74, 6) is 1.05. The lowest BCUT2D eigenvalue weighted by Crippen LogP contribution is -2.20. The van der Waals surface area contributed by atoms with E-state index in [2.05, 4.69) is 43.3 Å². The second-order valence-electron chi connectivity index (χ2n) is 6.32. The van der Waals surface area contributed by atoms with E-state index in [1.54, 1.807) is 0 Å². The zero-order valence-electron chi connectivity index (χ0n) is 13.8. The van der Waals surface area contributed by atoms with Gasteiger partial charge in [0.25, 0.3) is 0 Å². The zero-order chi connectivity index (χ0) is 16.1. The van der Waals surface area contributed by atoms with Gasteiger partial charge in [0.2, 0.25) is 0 Å². The molecule has 2 heteroatoms. The Morgan fingerprint density at radius 3 is 2.30 bits per heavy atom. The molecule has 1 heterocycles. The van der Waals surface area contributed by atoms with Crippen molar-refractivity contribution in [2.45, 2.75) is 45.4 Å². The largest absolute Gasteiger partial charge is 0.486 e. The summed E-state index contributed by atoms with van der Waals surface area (Å²) in [7, 11) is 0. The number of ketones is 1. The molecule has 1 aliphatic heterocycles. The van der Waals surface area contributed by atoms with Gasteiger partial charge in [-0.2, -0.15) is 0 Å². The Balaban J connectivity index is 1.48. The average molecular weight is 308 g/mol.